The van der Waals surface area contributed by atoms with Crippen molar-refractivity contribution in [1.82, 2.24) is 14.9 Å². The van der Waals surface area contributed by atoms with Gasteiger partial charge in [0, 0.05) is 25.7 Å². The molecular weight excluding hydrogens is 224 g/mol. The molecule has 1 aliphatic rings. The Balaban J connectivity index is 2.08. The van der Waals surface area contributed by atoms with Gasteiger partial charge in [0.25, 0.3) is 0 Å². The lowest BCUT2D eigenvalue weighted by Gasteiger charge is -2.39. The molecule has 0 spiro atoms. The van der Waals surface area contributed by atoms with Gasteiger partial charge in [-0.15, -0.1) is 0 Å². The SMILES string of the molecule is CCC1CN(c2ncc(Cl)cn2)CCN1C. The Kier molecular flexibility index (Phi) is 3.61. The smallest absolute Gasteiger partial charge is 0.225 e. The predicted molar refractivity (Wildman–Crippen MR) is 66.0 cm³/mol. The van der Waals surface area contributed by atoms with Crippen LogP contribution in [0.2, 0.25) is 5.02 Å². The molecule has 1 aromatic rings. The summed E-state index contributed by atoms with van der Waals surface area (Å²) in [7, 11) is 2.17. The number of rotatable bonds is 2. The van der Waals surface area contributed by atoms with Gasteiger partial charge in [-0.25, -0.2) is 9.97 Å². The van der Waals surface area contributed by atoms with Crippen LogP contribution in [0.3, 0.4) is 0 Å². The molecule has 4 nitrogen and oxygen atoms in total. The molecule has 1 saturated heterocycles. The molecule has 0 amide bonds. The van der Waals surface area contributed by atoms with Crippen LogP contribution in [-0.2, 0) is 0 Å². The molecule has 0 saturated carbocycles. The molecule has 2 heterocycles. The van der Waals surface area contributed by atoms with Crippen molar-refractivity contribution in [2.75, 3.05) is 31.6 Å². The first-order valence-corrected chi connectivity index (χ1v) is 6.01. The summed E-state index contributed by atoms with van der Waals surface area (Å²) in [5, 5.41) is 0.588. The number of hydrogen-bond donors (Lipinski definition) is 0. The van der Waals surface area contributed by atoms with E-state index in [2.05, 4.69) is 33.7 Å². The standard InChI is InChI=1S/C11H17ClN4/c1-3-10-8-16(5-4-15(10)2)11-13-6-9(12)7-14-11/h6-7,10H,3-5,8H2,1-2H3. The van der Waals surface area contributed by atoms with Crippen molar-refractivity contribution >= 4 is 17.5 Å². The van der Waals surface area contributed by atoms with E-state index in [0.717, 1.165) is 32.0 Å². The second-order valence-corrected chi connectivity index (χ2v) is 4.63. The van der Waals surface area contributed by atoms with Crippen LogP contribution in [0.15, 0.2) is 12.4 Å². The molecule has 0 bridgehead atoms. The van der Waals surface area contributed by atoms with Crippen LogP contribution in [0.25, 0.3) is 0 Å². The van der Waals surface area contributed by atoms with Crippen LogP contribution in [0, 0.1) is 0 Å². The number of anilines is 1. The zero-order valence-corrected chi connectivity index (χ0v) is 10.5. The lowest BCUT2D eigenvalue weighted by molar-refractivity contribution is 0.212. The van der Waals surface area contributed by atoms with E-state index in [1.165, 1.54) is 0 Å². The van der Waals surface area contributed by atoms with Gasteiger partial charge >= 0.3 is 0 Å². The summed E-state index contributed by atoms with van der Waals surface area (Å²) >= 11 is 5.78. The van der Waals surface area contributed by atoms with Crippen LogP contribution >= 0.6 is 11.6 Å². The Morgan fingerprint density at radius 3 is 2.69 bits per heavy atom. The molecule has 2 rings (SSSR count). The Labute approximate surface area is 101 Å². The summed E-state index contributed by atoms with van der Waals surface area (Å²) < 4.78 is 0. The number of likely N-dealkylation sites (N-methyl/N-ethyl adjacent to an activating group) is 1. The first kappa shape index (κ1) is 11.6. The predicted octanol–water partition coefficient (Wildman–Crippen LogP) is 1.66. The third-order valence-electron chi connectivity index (χ3n) is 3.14. The Morgan fingerprint density at radius 1 is 1.38 bits per heavy atom. The summed E-state index contributed by atoms with van der Waals surface area (Å²) in [6, 6.07) is 0.591. The molecule has 1 aliphatic heterocycles. The van der Waals surface area contributed by atoms with Gasteiger partial charge in [-0.1, -0.05) is 18.5 Å². The van der Waals surface area contributed by atoms with Crippen molar-refractivity contribution in [2.45, 2.75) is 19.4 Å². The van der Waals surface area contributed by atoms with Crippen molar-refractivity contribution in [3.63, 3.8) is 0 Å². The minimum absolute atomic E-state index is 0.588. The third-order valence-corrected chi connectivity index (χ3v) is 3.33. The maximum atomic E-state index is 5.78. The van der Waals surface area contributed by atoms with Crippen molar-refractivity contribution < 1.29 is 0 Å². The summed E-state index contributed by atoms with van der Waals surface area (Å²) in [5.74, 6) is 0.788. The largest absolute Gasteiger partial charge is 0.338 e. The summed E-state index contributed by atoms with van der Waals surface area (Å²) in [5.41, 5.74) is 0. The van der Waals surface area contributed by atoms with Gasteiger partial charge in [-0.3, -0.25) is 4.90 Å². The fourth-order valence-corrected chi connectivity index (χ4v) is 2.13. The molecule has 1 atom stereocenters. The first-order valence-electron chi connectivity index (χ1n) is 5.63. The fourth-order valence-electron chi connectivity index (χ4n) is 2.04. The lowest BCUT2D eigenvalue weighted by Crippen LogP contribution is -2.51. The van der Waals surface area contributed by atoms with Gasteiger partial charge in [0.15, 0.2) is 0 Å². The van der Waals surface area contributed by atoms with Gasteiger partial charge in [-0.05, 0) is 13.5 Å². The highest BCUT2D eigenvalue weighted by Gasteiger charge is 2.24. The summed E-state index contributed by atoms with van der Waals surface area (Å²) in [4.78, 5) is 13.1. The number of aromatic nitrogens is 2. The van der Waals surface area contributed by atoms with E-state index in [-0.39, 0.29) is 0 Å². The summed E-state index contributed by atoms with van der Waals surface area (Å²) in [6.07, 6.45) is 4.47. The van der Waals surface area contributed by atoms with E-state index >= 15 is 0 Å². The molecule has 0 aliphatic carbocycles. The molecule has 16 heavy (non-hydrogen) atoms. The van der Waals surface area contributed by atoms with Crippen molar-refractivity contribution in [3.8, 4) is 0 Å². The van der Waals surface area contributed by atoms with Crippen LogP contribution < -0.4 is 4.90 Å². The van der Waals surface area contributed by atoms with Gasteiger partial charge in [0.1, 0.15) is 0 Å². The van der Waals surface area contributed by atoms with E-state index in [1.807, 2.05) is 0 Å². The maximum Gasteiger partial charge on any atom is 0.225 e. The highest BCUT2D eigenvalue weighted by molar-refractivity contribution is 6.30. The second-order valence-electron chi connectivity index (χ2n) is 4.19. The molecular formula is C11H17ClN4. The number of hydrogen-bond acceptors (Lipinski definition) is 4. The molecule has 0 radical (unpaired) electrons. The monoisotopic (exact) mass is 240 g/mol. The van der Waals surface area contributed by atoms with E-state index < -0.39 is 0 Å². The number of nitrogens with zero attached hydrogens (tertiary/aromatic N) is 4. The van der Waals surface area contributed by atoms with Crippen molar-refractivity contribution in [3.05, 3.63) is 17.4 Å². The van der Waals surface area contributed by atoms with Gasteiger partial charge in [-0.2, -0.15) is 0 Å². The topological polar surface area (TPSA) is 32.3 Å². The maximum absolute atomic E-state index is 5.78. The lowest BCUT2D eigenvalue weighted by atomic mass is 10.1. The Morgan fingerprint density at radius 2 is 2.06 bits per heavy atom. The number of halogens is 1. The Bertz CT molecular complexity index is 340. The fraction of sp³-hybridized carbons (Fsp3) is 0.636. The number of piperazine rings is 1. The van der Waals surface area contributed by atoms with E-state index in [0.29, 0.717) is 11.1 Å². The molecule has 1 fully saturated rings. The van der Waals surface area contributed by atoms with Crippen LogP contribution in [0.5, 0.6) is 0 Å². The minimum Gasteiger partial charge on any atom is -0.338 e. The van der Waals surface area contributed by atoms with Crippen LogP contribution in [0.4, 0.5) is 5.95 Å². The molecule has 1 unspecified atom stereocenters. The quantitative estimate of drug-likeness (QED) is 0.787. The van der Waals surface area contributed by atoms with E-state index in [9.17, 15) is 0 Å². The van der Waals surface area contributed by atoms with E-state index in [1.54, 1.807) is 12.4 Å². The van der Waals surface area contributed by atoms with Gasteiger partial charge in [0.05, 0.1) is 17.4 Å². The van der Waals surface area contributed by atoms with Gasteiger partial charge in [0.2, 0.25) is 5.95 Å². The third kappa shape index (κ3) is 2.44. The molecule has 5 heteroatoms. The first-order chi connectivity index (χ1) is 7.70. The molecule has 0 aromatic carbocycles. The Hall–Kier alpha value is -0.870. The highest BCUT2D eigenvalue weighted by Crippen LogP contribution is 2.16. The summed E-state index contributed by atoms with van der Waals surface area (Å²) in [6.45, 7) is 5.25. The van der Waals surface area contributed by atoms with Gasteiger partial charge < -0.3 is 4.90 Å². The van der Waals surface area contributed by atoms with Crippen LogP contribution in [-0.4, -0.2) is 47.6 Å². The average Bonchev–Trinajstić information content (AvgIpc) is 2.31. The minimum atomic E-state index is 0.588. The zero-order valence-electron chi connectivity index (χ0n) is 9.73. The van der Waals surface area contributed by atoms with Crippen molar-refractivity contribution in [2.24, 2.45) is 0 Å². The van der Waals surface area contributed by atoms with Crippen molar-refractivity contribution in [1.29, 1.82) is 0 Å². The second kappa shape index (κ2) is 4.97. The zero-order chi connectivity index (χ0) is 11.5. The molecule has 88 valence electrons. The van der Waals surface area contributed by atoms with E-state index in [4.69, 9.17) is 11.6 Å². The van der Waals surface area contributed by atoms with Crippen LogP contribution in [0.1, 0.15) is 13.3 Å². The molecule has 0 N–H and O–H groups in total. The normalized spacial score (nSPS) is 22.4. The average molecular weight is 241 g/mol. The highest BCUT2D eigenvalue weighted by atomic mass is 35.5. The molecule has 1 aromatic heterocycles.